The smallest absolute Gasteiger partial charge is 0.329 e. The molecule has 1 rings (SSSR count). The van der Waals surface area contributed by atoms with Crippen LogP contribution in [0, 0.1) is 0 Å². The summed E-state index contributed by atoms with van der Waals surface area (Å²) in [5.74, 6) is -0.730. The molecule has 0 aliphatic heterocycles. The summed E-state index contributed by atoms with van der Waals surface area (Å²) in [6.07, 6.45) is 4.21. The first kappa shape index (κ1) is 19.6. The van der Waals surface area contributed by atoms with Crippen molar-refractivity contribution in [1.29, 1.82) is 0 Å². The number of nitrogens with one attached hydrogen (secondary N) is 2. The molecule has 1 aromatic carbocycles. The lowest BCUT2D eigenvalue weighted by atomic mass is 10.2. The number of carbonyl (C=O) groups is 2. The van der Waals surface area contributed by atoms with Crippen molar-refractivity contribution >= 4 is 18.0 Å². The van der Waals surface area contributed by atoms with E-state index in [9.17, 15) is 9.59 Å². The molecule has 0 radical (unpaired) electrons. The molecule has 0 bridgehead atoms. The van der Waals surface area contributed by atoms with Gasteiger partial charge >= 0.3 is 11.8 Å². The van der Waals surface area contributed by atoms with Crippen LogP contribution in [0.5, 0.6) is 5.75 Å². The van der Waals surface area contributed by atoms with E-state index in [0.29, 0.717) is 26.2 Å². The largest absolute Gasteiger partial charge is 0.494 e. The second-order valence-corrected chi connectivity index (χ2v) is 5.07. The Morgan fingerprint density at radius 3 is 2.54 bits per heavy atom. The summed E-state index contributed by atoms with van der Waals surface area (Å²) in [7, 11) is 1.58. The van der Waals surface area contributed by atoms with Crippen LogP contribution in [-0.2, 0) is 14.3 Å². The van der Waals surface area contributed by atoms with E-state index in [4.69, 9.17) is 9.47 Å². The van der Waals surface area contributed by atoms with Crippen molar-refractivity contribution in [1.82, 2.24) is 10.7 Å². The Labute approximate surface area is 142 Å². The van der Waals surface area contributed by atoms with E-state index >= 15 is 0 Å². The molecule has 0 aliphatic rings. The number of nitrogens with zero attached hydrogens (tertiary/aromatic N) is 1. The normalized spacial score (nSPS) is 10.6. The van der Waals surface area contributed by atoms with Crippen LogP contribution in [0.25, 0.3) is 0 Å². The Morgan fingerprint density at radius 1 is 1.12 bits per heavy atom. The Hall–Kier alpha value is -2.41. The predicted octanol–water partition coefficient (Wildman–Crippen LogP) is 1.47. The van der Waals surface area contributed by atoms with Gasteiger partial charge in [0.05, 0.1) is 12.8 Å². The number of hydrogen-bond acceptors (Lipinski definition) is 5. The van der Waals surface area contributed by atoms with Gasteiger partial charge in [0.2, 0.25) is 0 Å². The van der Waals surface area contributed by atoms with Gasteiger partial charge in [0.15, 0.2) is 0 Å². The number of rotatable bonds is 10. The van der Waals surface area contributed by atoms with Gasteiger partial charge in [-0.25, -0.2) is 5.43 Å². The van der Waals surface area contributed by atoms with Crippen molar-refractivity contribution in [3.8, 4) is 5.75 Å². The van der Waals surface area contributed by atoms with Gasteiger partial charge in [0.1, 0.15) is 5.75 Å². The summed E-state index contributed by atoms with van der Waals surface area (Å²) >= 11 is 0. The molecule has 1 aromatic rings. The highest BCUT2D eigenvalue weighted by Crippen LogP contribution is 2.11. The number of amides is 2. The second kappa shape index (κ2) is 12.1. The number of unbranched alkanes of at least 4 members (excludes halogenated alkanes) is 1. The highest BCUT2D eigenvalue weighted by atomic mass is 16.5. The first-order chi connectivity index (χ1) is 11.7. The molecule has 7 heteroatoms. The first-order valence-electron chi connectivity index (χ1n) is 8.00. The van der Waals surface area contributed by atoms with Crippen molar-refractivity contribution in [2.24, 2.45) is 5.10 Å². The maximum Gasteiger partial charge on any atom is 0.329 e. The van der Waals surface area contributed by atoms with Gasteiger partial charge in [0, 0.05) is 20.3 Å². The molecule has 7 nitrogen and oxygen atoms in total. The minimum absolute atomic E-state index is 0.378. The van der Waals surface area contributed by atoms with Gasteiger partial charge in [-0.2, -0.15) is 5.10 Å². The lowest BCUT2D eigenvalue weighted by Gasteiger charge is -2.05. The molecule has 0 saturated heterocycles. The molecule has 0 spiro atoms. The van der Waals surface area contributed by atoms with Crippen LogP contribution in [0.3, 0.4) is 0 Å². The number of benzene rings is 1. The van der Waals surface area contributed by atoms with Crippen molar-refractivity contribution in [3.05, 3.63) is 29.8 Å². The van der Waals surface area contributed by atoms with Crippen LogP contribution in [0.1, 0.15) is 31.7 Å². The van der Waals surface area contributed by atoms with Crippen LogP contribution in [0.4, 0.5) is 0 Å². The minimum Gasteiger partial charge on any atom is -0.494 e. The van der Waals surface area contributed by atoms with E-state index in [1.165, 1.54) is 6.21 Å². The van der Waals surface area contributed by atoms with Crippen LogP contribution in [-0.4, -0.2) is 44.9 Å². The van der Waals surface area contributed by atoms with Crippen LogP contribution in [0.2, 0.25) is 0 Å². The molecule has 0 unspecified atom stereocenters. The lowest BCUT2D eigenvalue weighted by molar-refractivity contribution is -0.139. The van der Waals surface area contributed by atoms with E-state index in [1.54, 1.807) is 7.11 Å². The summed E-state index contributed by atoms with van der Waals surface area (Å²) in [6.45, 7) is 3.71. The molecule has 0 fully saturated rings. The molecule has 0 aliphatic carbocycles. The third kappa shape index (κ3) is 8.28. The number of hydrazone groups is 1. The predicted molar refractivity (Wildman–Crippen MR) is 92.1 cm³/mol. The average molecular weight is 335 g/mol. The van der Waals surface area contributed by atoms with Crippen molar-refractivity contribution in [3.63, 3.8) is 0 Å². The average Bonchev–Trinajstić information content (AvgIpc) is 2.60. The Morgan fingerprint density at radius 2 is 1.88 bits per heavy atom. The van der Waals surface area contributed by atoms with E-state index in [-0.39, 0.29) is 0 Å². The summed E-state index contributed by atoms with van der Waals surface area (Å²) in [6, 6.07) is 7.31. The number of hydrogen-bond donors (Lipinski definition) is 2. The molecule has 0 heterocycles. The third-order valence-corrected chi connectivity index (χ3v) is 3.04. The maximum absolute atomic E-state index is 11.5. The molecule has 2 amide bonds. The summed E-state index contributed by atoms with van der Waals surface area (Å²) in [5.41, 5.74) is 2.97. The summed E-state index contributed by atoms with van der Waals surface area (Å²) in [5, 5.41) is 6.24. The molecule has 0 saturated carbocycles. The van der Waals surface area contributed by atoms with Gasteiger partial charge in [-0.15, -0.1) is 0 Å². The number of methoxy groups -OCH3 is 1. The van der Waals surface area contributed by atoms with Crippen molar-refractivity contribution in [2.75, 3.05) is 26.9 Å². The molecule has 24 heavy (non-hydrogen) atoms. The van der Waals surface area contributed by atoms with Gasteiger partial charge in [-0.1, -0.05) is 13.3 Å². The van der Waals surface area contributed by atoms with Crippen molar-refractivity contribution in [2.45, 2.75) is 26.2 Å². The van der Waals surface area contributed by atoms with E-state index in [2.05, 4.69) is 22.8 Å². The molecular formula is C17H25N3O4. The highest BCUT2D eigenvalue weighted by molar-refractivity contribution is 6.35. The SMILES string of the molecule is CCCCOc1ccc(/C=N\NC(=O)C(=O)NCCCOC)cc1. The second-order valence-electron chi connectivity index (χ2n) is 5.07. The van der Waals surface area contributed by atoms with Crippen LogP contribution in [0.15, 0.2) is 29.4 Å². The molecular weight excluding hydrogens is 310 g/mol. The fraction of sp³-hybridized carbons (Fsp3) is 0.471. The third-order valence-electron chi connectivity index (χ3n) is 3.04. The fourth-order valence-corrected chi connectivity index (χ4v) is 1.70. The zero-order valence-corrected chi connectivity index (χ0v) is 14.2. The maximum atomic E-state index is 11.5. The van der Waals surface area contributed by atoms with Crippen LogP contribution < -0.4 is 15.5 Å². The zero-order valence-electron chi connectivity index (χ0n) is 14.2. The molecule has 0 atom stereocenters. The Kier molecular flexibility index (Phi) is 9.87. The van der Waals surface area contributed by atoms with Gasteiger partial charge < -0.3 is 14.8 Å². The lowest BCUT2D eigenvalue weighted by Crippen LogP contribution is -2.38. The van der Waals surface area contributed by atoms with Crippen LogP contribution >= 0.6 is 0 Å². The standard InChI is InChI=1S/C17H25N3O4/c1-3-4-12-24-15-8-6-14(7-9-15)13-19-20-17(22)16(21)18-10-5-11-23-2/h6-9,13H,3-5,10-12H2,1-2H3,(H,18,21)(H,20,22)/b19-13-. The fourth-order valence-electron chi connectivity index (χ4n) is 1.70. The monoisotopic (exact) mass is 335 g/mol. The van der Waals surface area contributed by atoms with Gasteiger partial charge in [0.25, 0.3) is 0 Å². The first-order valence-corrected chi connectivity index (χ1v) is 8.00. The van der Waals surface area contributed by atoms with E-state index < -0.39 is 11.8 Å². The topological polar surface area (TPSA) is 89.0 Å². The summed E-state index contributed by atoms with van der Waals surface area (Å²) in [4.78, 5) is 23.0. The summed E-state index contributed by atoms with van der Waals surface area (Å²) < 4.78 is 10.4. The highest BCUT2D eigenvalue weighted by Gasteiger charge is 2.11. The number of ether oxygens (including phenoxy) is 2. The zero-order chi connectivity index (χ0) is 17.6. The van der Waals surface area contributed by atoms with E-state index in [1.807, 2.05) is 24.3 Å². The van der Waals surface area contributed by atoms with Gasteiger partial charge in [-0.05, 0) is 42.7 Å². The Balaban J connectivity index is 2.32. The molecule has 132 valence electrons. The minimum atomic E-state index is -0.803. The number of carbonyl (C=O) groups excluding carboxylic acids is 2. The Bertz CT molecular complexity index is 529. The molecule has 2 N–H and O–H groups in total. The van der Waals surface area contributed by atoms with Gasteiger partial charge in [-0.3, -0.25) is 9.59 Å². The quantitative estimate of drug-likeness (QED) is 0.293. The van der Waals surface area contributed by atoms with Crippen molar-refractivity contribution < 1.29 is 19.1 Å². The van der Waals surface area contributed by atoms with E-state index in [0.717, 1.165) is 24.2 Å². The molecule has 0 aromatic heterocycles.